The number of ether oxygens (including phenoxy) is 1. The van der Waals surface area contributed by atoms with Gasteiger partial charge in [0.15, 0.2) is 11.6 Å². The van der Waals surface area contributed by atoms with Crippen molar-refractivity contribution < 1.29 is 28.3 Å². The predicted molar refractivity (Wildman–Crippen MR) is 150 cm³/mol. The number of alkyl halides is 1. The number of carbonyl (C=O) groups excluding carboxylic acids is 4. The average Bonchev–Trinajstić information content (AvgIpc) is 3.53. The number of carbonyl (C=O) groups is 4. The van der Waals surface area contributed by atoms with Crippen LogP contribution in [0.25, 0.3) is 22.0 Å². The van der Waals surface area contributed by atoms with Crippen LogP contribution in [-0.4, -0.2) is 78.9 Å². The summed E-state index contributed by atoms with van der Waals surface area (Å²) in [6.07, 6.45) is 1.68. The van der Waals surface area contributed by atoms with Crippen LogP contribution in [0.2, 0.25) is 0 Å². The Hall–Kier alpha value is -4.87. The minimum absolute atomic E-state index is 0.138. The second kappa shape index (κ2) is 11.6. The van der Waals surface area contributed by atoms with Crippen molar-refractivity contribution in [3.8, 4) is 11.1 Å². The molecule has 42 heavy (non-hydrogen) atoms. The molecule has 1 aliphatic heterocycles. The van der Waals surface area contributed by atoms with Crippen LogP contribution in [-0.2, 0) is 27.3 Å². The molecule has 0 bridgehead atoms. The van der Waals surface area contributed by atoms with Crippen molar-refractivity contribution in [1.29, 1.82) is 0 Å². The lowest BCUT2D eigenvalue weighted by Gasteiger charge is -2.23. The van der Waals surface area contributed by atoms with Gasteiger partial charge in [-0.2, -0.15) is 5.10 Å². The van der Waals surface area contributed by atoms with Crippen LogP contribution < -0.4 is 0 Å². The zero-order chi connectivity index (χ0) is 30.1. The molecule has 0 saturated carbocycles. The van der Waals surface area contributed by atoms with Gasteiger partial charge >= 0.3 is 5.97 Å². The number of esters is 1. The Morgan fingerprint density at radius 2 is 1.79 bits per heavy atom. The third-order valence-electron chi connectivity index (χ3n) is 7.21. The smallest absolute Gasteiger partial charge is 0.337 e. The van der Waals surface area contributed by atoms with E-state index in [1.807, 2.05) is 6.07 Å². The van der Waals surface area contributed by atoms with Crippen LogP contribution in [0.5, 0.6) is 0 Å². The molecule has 5 rings (SSSR count). The number of benzene rings is 1. The van der Waals surface area contributed by atoms with Gasteiger partial charge in [-0.25, -0.2) is 19.2 Å². The molecule has 12 heteroatoms. The molecule has 2 atom stereocenters. The molecule has 1 amide bonds. The molecule has 1 aromatic carbocycles. The maximum atomic E-state index is 14.6. The number of hydrogen-bond acceptors (Lipinski definition) is 9. The first kappa shape index (κ1) is 28.7. The number of fused-ring (bicyclic) bond motifs is 1. The molecular formula is C30H29FN6O5. The van der Waals surface area contributed by atoms with Gasteiger partial charge in [0.05, 0.1) is 37.2 Å². The van der Waals surface area contributed by atoms with E-state index in [-0.39, 0.29) is 43.0 Å². The number of halogens is 1. The molecule has 0 spiro atoms. The maximum absolute atomic E-state index is 14.6. The number of pyridine rings is 1. The molecule has 4 heterocycles. The lowest BCUT2D eigenvalue weighted by molar-refractivity contribution is -0.138. The highest BCUT2D eigenvalue weighted by Gasteiger charge is 2.40. The third-order valence-corrected chi connectivity index (χ3v) is 7.21. The van der Waals surface area contributed by atoms with Crippen LogP contribution in [0.3, 0.4) is 0 Å². The Balaban J connectivity index is 1.39. The van der Waals surface area contributed by atoms with Gasteiger partial charge in [0.25, 0.3) is 0 Å². The lowest BCUT2D eigenvalue weighted by atomic mass is 10.0. The van der Waals surface area contributed by atoms with Crippen molar-refractivity contribution in [1.82, 2.24) is 29.6 Å². The van der Waals surface area contributed by atoms with E-state index in [0.717, 1.165) is 11.1 Å². The quantitative estimate of drug-likeness (QED) is 0.230. The van der Waals surface area contributed by atoms with E-state index in [2.05, 4.69) is 20.1 Å². The summed E-state index contributed by atoms with van der Waals surface area (Å²) >= 11 is 0. The molecule has 0 radical (unpaired) electrons. The van der Waals surface area contributed by atoms with Gasteiger partial charge in [0.1, 0.15) is 24.2 Å². The van der Waals surface area contributed by atoms with E-state index in [1.54, 1.807) is 44.4 Å². The van der Waals surface area contributed by atoms with Gasteiger partial charge in [0, 0.05) is 48.1 Å². The van der Waals surface area contributed by atoms with Gasteiger partial charge < -0.3 is 9.64 Å². The molecule has 0 N–H and O–H groups in total. The normalized spacial score (nSPS) is 16.5. The van der Waals surface area contributed by atoms with E-state index in [1.165, 1.54) is 29.7 Å². The summed E-state index contributed by atoms with van der Waals surface area (Å²) in [6.45, 7) is 4.34. The molecule has 4 aromatic rings. The molecule has 216 valence electrons. The maximum Gasteiger partial charge on any atom is 0.337 e. The SMILES string of the molecule is COC(=O)c1cc(C)nc(CC(=O)[C@@H]2C[C@@H](F)CN2C(=O)Cn2nc(C(C)=O)c3cc(-c4cnc(C)nc4)ccc32)c1. The molecule has 1 saturated heterocycles. The number of hydrogen-bond donors (Lipinski definition) is 0. The monoisotopic (exact) mass is 572 g/mol. The van der Waals surface area contributed by atoms with Crippen LogP contribution in [0.15, 0.2) is 42.7 Å². The van der Waals surface area contributed by atoms with Gasteiger partial charge in [0.2, 0.25) is 5.91 Å². The fourth-order valence-electron chi connectivity index (χ4n) is 5.23. The van der Waals surface area contributed by atoms with Crippen molar-refractivity contribution >= 4 is 34.3 Å². The molecule has 3 aromatic heterocycles. The Kier molecular flexibility index (Phi) is 7.88. The summed E-state index contributed by atoms with van der Waals surface area (Å²) in [5, 5.41) is 4.96. The molecule has 0 aliphatic carbocycles. The molecule has 1 aliphatic rings. The van der Waals surface area contributed by atoms with Gasteiger partial charge in [-0.15, -0.1) is 0 Å². The molecule has 0 unspecified atom stereocenters. The summed E-state index contributed by atoms with van der Waals surface area (Å²) in [7, 11) is 1.26. The number of Topliss-reactive ketones (excluding diaryl/α,β-unsaturated/α-hetero) is 2. The minimum atomic E-state index is -1.37. The Bertz CT molecular complexity index is 1720. The van der Waals surface area contributed by atoms with Crippen LogP contribution in [0.4, 0.5) is 4.39 Å². The van der Waals surface area contributed by atoms with Crippen LogP contribution in [0, 0.1) is 13.8 Å². The van der Waals surface area contributed by atoms with Gasteiger partial charge in [-0.05, 0) is 43.7 Å². The van der Waals surface area contributed by atoms with Crippen LogP contribution >= 0.6 is 0 Å². The second-order valence-electron chi connectivity index (χ2n) is 10.3. The molecule has 11 nitrogen and oxygen atoms in total. The van der Waals surface area contributed by atoms with Crippen LogP contribution in [0.1, 0.15) is 51.4 Å². The second-order valence-corrected chi connectivity index (χ2v) is 10.3. The number of aromatic nitrogens is 5. The van der Waals surface area contributed by atoms with Crippen molar-refractivity contribution in [3.05, 3.63) is 71.2 Å². The number of nitrogens with zero attached hydrogens (tertiary/aromatic N) is 6. The summed E-state index contributed by atoms with van der Waals surface area (Å²) in [6, 6.07) is 7.37. The number of amides is 1. The van der Waals surface area contributed by atoms with E-state index in [4.69, 9.17) is 4.74 Å². The predicted octanol–water partition coefficient (Wildman–Crippen LogP) is 3.25. The Labute approximate surface area is 240 Å². The van der Waals surface area contributed by atoms with E-state index >= 15 is 0 Å². The highest BCUT2D eigenvalue weighted by Crippen LogP contribution is 2.28. The third kappa shape index (κ3) is 5.78. The van der Waals surface area contributed by atoms with E-state index in [9.17, 15) is 23.6 Å². The van der Waals surface area contributed by atoms with Crippen molar-refractivity contribution in [2.75, 3.05) is 13.7 Å². The molecule has 1 fully saturated rings. The summed E-state index contributed by atoms with van der Waals surface area (Å²) in [5.41, 5.74) is 3.37. The number of likely N-dealkylation sites (tertiary alicyclic amines) is 1. The lowest BCUT2D eigenvalue weighted by Crippen LogP contribution is -2.43. The zero-order valence-electron chi connectivity index (χ0n) is 23.6. The number of methoxy groups -OCH3 is 1. The van der Waals surface area contributed by atoms with E-state index < -0.39 is 29.9 Å². The Morgan fingerprint density at radius 1 is 1.05 bits per heavy atom. The average molecular weight is 573 g/mol. The standard InChI is InChI=1S/C30H29FN6O5/c1-16-7-20(30(41)42-4)8-23(34-16)11-27(39)26-10-22(31)14-36(26)28(40)15-37-25-6-5-19(21-12-32-18(3)33-13-21)9-24(25)29(35-37)17(2)38/h5-9,12-13,22,26H,10-11,14-15H2,1-4H3/t22-,26+/m1/s1. The summed E-state index contributed by atoms with van der Waals surface area (Å²) < 4.78 is 20.8. The number of ketones is 2. The van der Waals surface area contributed by atoms with Crippen molar-refractivity contribution in [3.63, 3.8) is 0 Å². The first-order chi connectivity index (χ1) is 20.0. The van der Waals surface area contributed by atoms with Gasteiger partial charge in [-0.3, -0.25) is 24.0 Å². The van der Waals surface area contributed by atoms with Crippen molar-refractivity contribution in [2.24, 2.45) is 0 Å². The summed E-state index contributed by atoms with van der Waals surface area (Å²) in [4.78, 5) is 65.2. The largest absolute Gasteiger partial charge is 0.465 e. The zero-order valence-corrected chi connectivity index (χ0v) is 23.6. The first-order valence-corrected chi connectivity index (χ1v) is 13.4. The highest BCUT2D eigenvalue weighted by molar-refractivity contribution is 6.06. The first-order valence-electron chi connectivity index (χ1n) is 13.4. The van der Waals surface area contributed by atoms with Gasteiger partial charge in [-0.1, -0.05) is 6.07 Å². The Morgan fingerprint density at radius 3 is 2.48 bits per heavy atom. The number of aryl methyl sites for hydroxylation is 2. The highest BCUT2D eigenvalue weighted by atomic mass is 19.1. The summed E-state index contributed by atoms with van der Waals surface area (Å²) in [5.74, 6) is -1.11. The van der Waals surface area contributed by atoms with E-state index in [0.29, 0.717) is 28.1 Å². The number of rotatable bonds is 8. The topological polar surface area (TPSA) is 137 Å². The fourth-order valence-corrected chi connectivity index (χ4v) is 5.23. The minimum Gasteiger partial charge on any atom is -0.465 e. The fraction of sp³-hybridized carbons (Fsp3) is 0.333. The molecular weight excluding hydrogens is 543 g/mol. The van der Waals surface area contributed by atoms with Crippen molar-refractivity contribution in [2.45, 2.75) is 52.4 Å².